The van der Waals surface area contributed by atoms with E-state index in [1.165, 1.54) is 19.3 Å². The maximum atomic E-state index is 3.42. The molecule has 0 radical (unpaired) electrons. The first-order valence-corrected chi connectivity index (χ1v) is 4.73. The van der Waals surface area contributed by atoms with Crippen molar-refractivity contribution in [1.29, 1.82) is 0 Å². The molecule has 1 nitrogen and oxygen atoms in total. The van der Waals surface area contributed by atoms with Crippen LogP contribution in [0.5, 0.6) is 0 Å². The fraction of sp³-hybridized carbons (Fsp3) is 1.00. The van der Waals surface area contributed by atoms with E-state index in [0.29, 0.717) is 5.41 Å². The molecule has 0 aromatic rings. The molecule has 0 heterocycles. The molecule has 1 saturated carbocycles. The smallest absolute Gasteiger partial charge is 0.00973 e. The molecule has 11 heavy (non-hydrogen) atoms. The van der Waals surface area contributed by atoms with Crippen molar-refractivity contribution in [2.45, 2.75) is 46.1 Å². The molecule has 1 aliphatic carbocycles. The summed E-state index contributed by atoms with van der Waals surface area (Å²) in [7, 11) is 2.09. The van der Waals surface area contributed by atoms with Crippen LogP contribution in [0.4, 0.5) is 0 Å². The third kappa shape index (κ3) is 1.96. The summed E-state index contributed by atoms with van der Waals surface area (Å²) in [4.78, 5) is 0. The summed E-state index contributed by atoms with van der Waals surface area (Å²) in [6.07, 6.45) is 4.20. The van der Waals surface area contributed by atoms with Gasteiger partial charge in [0.1, 0.15) is 0 Å². The van der Waals surface area contributed by atoms with Gasteiger partial charge in [0.05, 0.1) is 0 Å². The van der Waals surface area contributed by atoms with E-state index in [-0.39, 0.29) is 0 Å². The van der Waals surface area contributed by atoms with Crippen LogP contribution in [0.25, 0.3) is 0 Å². The highest BCUT2D eigenvalue weighted by molar-refractivity contribution is 4.89. The Kier molecular flexibility index (Phi) is 2.58. The quantitative estimate of drug-likeness (QED) is 0.613. The van der Waals surface area contributed by atoms with Gasteiger partial charge in [-0.15, -0.1) is 0 Å². The highest BCUT2D eigenvalue weighted by Crippen LogP contribution is 2.38. The van der Waals surface area contributed by atoms with Crippen molar-refractivity contribution in [3.63, 3.8) is 0 Å². The largest absolute Gasteiger partial charge is 0.317 e. The van der Waals surface area contributed by atoms with Crippen LogP contribution in [0.15, 0.2) is 0 Å². The second kappa shape index (κ2) is 3.14. The molecule has 2 atom stereocenters. The molecule has 1 rings (SSSR count). The van der Waals surface area contributed by atoms with Gasteiger partial charge in [-0.1, -0.05) is 27.2 Å². The predicted octanol–water partition coefficient (Wildman–Crippen LogP) is 2.42. The molecule has 0 spiro atoms. The summed E-state index contributed by atoms with van der Waals surface area (Å²) in [6.45, 7) is 7.06. The van der Waals surface area contributed by atoms with E-state index in [4.69, 9.17) is 0 Å². The van der Waals surface area contributed by atoms with Gasteiger partial charge in [-0.2, -0.15) is 0 Å². The minimum absolute atomic E-state index is 0.490. The molecule has 0 aromatic heterocycles. The average Bonchev–Trinajstić information content (AvgIpc) is 2.31. The Morgan fingerprint density at radius 3 is 2.18 bits per heavy atom. The molecule has 0 unspecified atom stereocenters. The third-order valence-corrected chi connectivity index (χ3v) is 3.00. The number of hydrogen-bond acceptors (Lipinski definition) is 1. The number of hydrogen-bond donors (Lipinski definition) is 1. The van der Waals surface area contributed by atoms with Crippen LogP contribution in [0.2, 0.25) is 0 Å². The lowest BCUT2D eigenvalue weighted by molar-refractivity contribution is 0.208. The predicted molar refractivity (Wildman–Crippen MR) is 49.6 cm³/mol. The molecule has 0 aliphatic heterocycles. The standard InChI is InChI=1S/C10H21N/c1-10(2,3)8-6-5-7-9(8)11-4/h8-9,11H,5-7H2,1-4H3/t8-,9-/m0/s1. The van der Waals surface area contributed by atoms with Gasteiger partial charge in [0.15, 0.2) is 0 Å². The summed E-state index contributed by atoms with van der Waals surface area (Å²) in [5, 5.41) is 3.42. The van der Waals surface area contributed by atoms with Crippen LogP contribution in [0.3, 0.4) is 0 Å². The van der Waals surface area contributed by atoms with Crippen LogP contribution in [-0.4, -0.2) is 13.1 Å². The van der Waals surface area contributed by atoms with E-state index in [1.54, 1.807) is 0 Å². The van der Waals surface area contributed by atoms with Crippen molar-refractivity contribution < 1.29 is 0 Å². The highest BCUT2D eigenvalue weighted by Gasteiger charge is 2.34. The molecule has 1 heteroatoms. The molecule has 0 saturated heterocycles. The minimum atomic E-state index is 0.490. The van der Waals surface area contributed by atoms with Crippen molar-refractivity contribution in [2.75, 3.05) is 7.05 Å². The van der Waals surface area contributed by atoms with Crippen LogP contribution in [0.1, 0.15) is 40.0 Å². The van der Waals surface area contributed by atoms with Crippen LogP contribution >= 0.6 is 0 Å². The van der Waals surface area contributed by atoms with Gasteiger partial charge in [-0.25, -0.2) is 0 Å². The topological polar surface area (TPSA) is 12.0 Å². The first-order chi connectivity index (χ1) is 5.05. The summed E-state index contributed by atoms with van der Waals surface area (Å²) >= 11 is 0. The zero-order valence-electron chi connectivity index (χ0n) is 8.28. The van der Waals surface area contributed by atoms with Gasteiger partial charge < -0.3 is 5.32 Å². The molecule has 0 bridgehead atoms. The molecule has 1 aliphatic rings. The lowest BCUT2D eigenvalue weighted by atomic mass is 9.78. The van der Waals surface area contributed by atoms with Gasteiger partial charge >= 0.3 is 0 Å². The van der Waals surface area contributed by atoms with Gasteiger partial charge in [-0.05, 0) is 31.2 Å². The van der Waals surface area contributed by atoms with Gasteiger partial charge in [0.2, 0.25) is 0 Å². The Balaban J connectivity index is 2.57. The Hall–Kier alpha value is -0.0400. The summed E-state index contributed by atoms with van der Waals surface area (Å²) < 4.78 is 0. The lowest BCUT2D eigenvalue weighted by Crippen LogP contribution is -2.36. The Morgan fingerprint density at radius 2 is 1.82 bits per heavy atom. The van der Waals surface area contributed by atoms with Crippen molar-refractivity contribution in [2.24, 2.45) is 11.3 Å². The van der Waals surface area contributed by atoms with Gasteiger partial charge in [0, 0.05) is 6.04 Å². The maximum Gasteiger partial charge on any atom is 0.00973 e. The van der Waals surface area contributed by atoms with Crippen molar-refractivity contribution in [1.82, 2.24) is 5.32 Å². The van der Waals surface area contributed by atoms with E-state index in [0.717, 1.165) is 12.0 Å². The van der Waals surface area contributed by atoms with Gasteiger partial charge in [0.25, 0.3) is 0 Å². The van der Waals surface area contributed by atoms with E-state index in [9.17, 15) is 0 Å². The Morgan fingerprint density at radius 1 is 1.18 bits per heavy atom. The van der Waals surface area contributed by atoms with Crippen LogP contribution in [-0.2, 0) is 0 Å². The molecule has 0 aromatic carbocycles. The molecular weight excluding hydrogens is 134 g/mol. The second-order valence-electron chi connectivity index (χ2n) is 4.80. The monoisotopic (exact) mass is 155 g/mol. The first kappa shape index (κ1) is 9.05. The van der Waals surface area contributed by atoms with E-state index in [1.807, 2.05) is 0 Å². The fourth-order valence-electron chi connectivity index (χ4n) is 2.34. The average molecular weight is 155 g/mol. The van der Waals surface area contributed by atoms with E-state index < -0.39 is 0 Å². The zero-order valence-corrected chi connectivity index (χ0v) is 8.28. The molecule has 1 fully saturated rings. The summed E-state index contributed by atoms with van der Waals surface area (Å²) in [5.41, 5.74) is 0.490. The SMILES string of the molecule is CN[C@H]1CCC[C@@H]1C(C)(C)C. The van der Waals surface area contributed by atoms with Crippen LogP contribution < -0.4 is 5.32 Å². The first-order valence-electron chi connectivity index (χ1n) is 4.73. The van der Waals surface area contributed by atoms with Crippen molar-refractivity contribution >= 4 is 0 Å². The Bertz CT molecular complexity index is 123. The fourth-order valence-corrected chi connectivity index (χ4v) is 2.34. The molecule has 0 amide bonds. The summed E-state index contributed by atoms with van der Waals surface area (Å²) in [6, 6.07) is 0.773. The summed E-state index contributed by atoms with van der Waals surface area (Å²) in [5.74, 6) is 0.882. The normalized spacial score (nSPS) is 32.7. The maximum absolute atomic E-state index is 3.42. The number of rotatable bonds is 1. The van der Waals surface area contributed by atoms with Crippen molar-refractivity contribution in [3.8, 4) is 0 Å². The second-order valence-corrected chi connectivity index (χ2v) is 4.80. The zero-order chi connectivity index (χ0) is 8.48. The minimum Gasteiger partial charge on any atom is -0.317 e. The van der Waals surface area contributed by atoms with Crippen LogP contribution in [0, 0.1) is 11.3 Å². The molecular formula is C10H21N. The lowest BCUT2D eigenvalue weighted by Gasteiger charge is -2.32. The molecule has 1 N–H and O–H groups in total. The molecule has 66 valence electrons. The van der Waals surface area contributed by atoms with Crippen molar-refractivity contribution in [3.05, 3.63) is 0 Å². The highest BCUT2D eigenvalue weighted by atomic mass is 14.9. The Labute approximate surface area is 70.6 Å². The third-order valence-electron chi connectivity index (χ3n) is 3.00. The number of nitrogens with one attached hydrogen (secondary N) is 1. The van der Waals surface area contributed by atoms with E-state index >= 15 is 0 Å². The van der Waals surface area contributed by atoms with Gasteiger partial charge in [-0.3, -0.25) is 0 Å². The van der Waals surface area contributed by atoms with E-state index in [2.05, 4.69) is 33.1 Å².